The molecule has 0 fully saturated rings. The number of carbonyl (C=O) groups is 1. The van der Waals surface area contributed by atoms with E-state index in [1.807, 2.05) is 20.2 Å². The minimum Gasteiger partial charge on any atom is -0.352 e. The van der Waals surface area contributed by atoms with E-state index in [1.54, 1.807) is 12.3 Å². The predicted molar refractivity (Wildman–Crippen MR) is 72.5 cm³/mol. The fraction of sp³-hybridized carbons (Fsp3) is 0.455. The normalized spacial score (nSPS) is 10.5. The number of amides is 1. The topological polar surface area (TPSA) is 45.2 Å². The van der Waals surface area contributed by atoms with Crippen LogP contribution in [0, 0.1) is 3.70 Å². The number of rotatable bonds is 5. The number of aromatic nitrogens is 1. The third-order valence-electron chi connectivity index (χ3n) is 2.06. The van der Waals surface area contributed by atoms with Crippen LogP contribution in [0.3, 0.4) is 0 Å². The van der Waals surface area contributed by atoms with E-state index in [-0.39, 0.29) is 5.91 Å². The van der Waals surface area contributed by atoms with Gasteiger partial charge in [-0.05, 0) is 61.8 Å². The van der Waals surface area contributed by atoms with Crippen LogP contribution in [0.15, 0.2) is 18.3 Å². The van der Waals surface area contributed by atoms with Crippen LogP contribution in [0.1, 0.15) is 16.8 Å². The van der Waals surface area contributed by atoms with Crippen LogP contribution < -0.4 is 5.32 Å². The van der Waals surface area contributed by atoms with E-state index in [2.05, 4.69) is 37.8 Å². The fourth-order valence-corrected chi connectivity index (χ4v) is 1.53. The van der Waals surface area contributed by atoms with E-state index < -0.39 is 0 Å². The Hall–Kier alpha value is -0.690. The van der Waals surface area contributed by atoms with Gasteiger partial charge in [0.2, 0.25) is 0 Å². The molecule has 1 heterocycles. The Morgan fingerprint density at radius 3 is 2.81 bits per heavy atom. The summed E-state index contributed by atoms with van der Waals surface area (Å²) in [4.78, 5) is 17.8. The number of halogens is 1. The van der Waals surface area contributed by atoms with Gasteiger partial charge in [0.25, 0.3) is 5.91 Å². The largest absolute Gasteiger partial charge is 0.352 e. The maximum Gasteiger partial charge on any atom is 0.252 e. The first-order chi connectivity index (χ1) is 7.59. The molecule has 0 radical (unpaired) electrons. The van der Waals surface area contributed by atoms with Gasteiger partial charge in [-0.2, -0.15) is 0 Å². The highest BCUT2D eigenvalue weighted by Gasteiger charge is 2.04. The monoisotopic (exact) mass is 337 g/mol. The lowest BCUT2D eigenvalue weighted by atomic mass is 10.2. The molecule has 0 unspecified atom stereocenters. The summed E-state index contributed by atoms with van der Waals surface area (Å²) in [5.74, 6) is -0.0531. The Balaban J connectivity index is 2.32. The minimum atomic E-state index is -0.0531. The second-order valence-electron chi connectivity index (χ2n) is 3.78. The zero-order valence-corrected chi connectivity index (χ0v) is 11.7. The van der Waals surface area contributed by atoms with Gasteiger partial charge in [-0.25, -0.2) is 4.98 Å². The lowest BCUT2D eigenvalue weighted by molar-refractivity contribution is 0.0952. The van der Waals surface area contributed by atoms with Crippen molar-refractivity contribution in [3.63, 3.8) is 0 Å². The predicted octanol–water partition coefficient (Wildman–Crippen LogP) is 1.37. The third-order valence-corrected chi connectivity index (χ3v) is 2.70. The van der Waals surface area contributed by atoms with Crippen molar-refractivity contribution in [3.05, 3.63) is 27.6 Å². The Morgan fingerprint density at radius 2 is 2.25 bits per heavy atom. The van der Waals surface area contributed by atoms with Gasteiger partial charge in [0, 0.05) is 12.7 Å². The lowest BCUT2D eigenvalue weighted by Gasteiger charge is -2.09. The number of nitrogens with one attached hydrogen (secondary N) is 1. The highest BCUT2D eigenvalue weighted by Crippen LogP contribution is 2.02. The molecule has 1 aromatic heterocycles. The number of nitrogens with zero attached hydrogens (tertiary/aromatic N) is 2. The van der Waals surface area contributed by atoms with Crippen molar-refractivity contribution in [2.24, 2.45) is 0 Å². The van der Waals surface area contributed by atoms with Gasteiger partial charge in [-0.15, -0.1) is 0 Å². The third kappa shape index (κ3) is 4.89. The number of hydrogen-bond donors (Lipinski definition) is 1. The van der Waals surface area contributed by atoms with E-state index in [1.165, 1.54) is 0 Å². The van der Waals surface area contributed by atoms with Crippen LogP contribution in [0.4, 0.5) is 0 Å². The van der Waals surface area contributed by atoms with Crippen LogP contribution in [-0.4, -0.2) is 43.0 Å². The van der Waals surface area contributed by atoms with Crippen LogP contribution >= 0.6 is 22.6 Å². The van der Waals surface area contributed by atoms with E-state index in [4.69, 9.17) is 0 Å². The van der Waals surface area contributed by atoms with Gasteiger partial charge < -0.3 is 10.2 Å². The molecular formula is C11H16IN3O. The molecule has 1 N–H and O–H groups in total. The van der Waals surface area contributed by atoms with Crippen LogP contribution in [0.5, 0.6) is 0 Å². The summed E-state index contributed by atoms with van der Waals surface area (Å²) >= 11 is 2.11. The van der Waals surface area contributed by atoms with Crippen molar-refractivity contribution < 1.29 is 4.79 Å². The molecule has 5 heteroatoms. The van der Waals surface area contributed by atoms with Crippen molar-refractivity contribution in [2.45, 2.75) is 6.42 Å². The summed E-state index contributed by atoms with van der Waals surface area (Å²) in [6.07, 6.45) is 2.56. The first-order valence-electron chi connectivity index (χ1n) is 5.14. The van der Waals surface area contributed by atoms with Crippen molar-refractivity contribution in [1.82, 2.24) is 15.2 Å². The van der Waals surface area contributed by atoms with Crippen molar-refractivity contribution in [2.75, 3.05) is 27.2 Å². The van der Waals surface area contributed by atoms with Crippen molar-refractivity contribution in [3.8, 4) is 0 Å². The molecule has 1 amide bonds. The quantitative estimate of drug-likeness (QED) is 0.501. The maximum absolute atomic E-state index is 11.6. The van der Waals surface area contributed by atoms with Gasteiger partial charge in [-0.1, -0.05) is 0 Å². The summed E-state index contributed by atoms with van der Waals surface area (Å²) in [5, 5.41) is 2.87. The Labute approximate surface area is 110 Å². The van der Waals surface area contributed by atoms with Crippen LogP contribution in [0.25, 0.3) is 0 Å². The Kier molecular flexibility index (Phi) is 5.68. The first kappa shape index (κ1) is 13.4. The summed E-state index contributed by atoms with van der Waals surface area (Å²) < 4.78 is 0.891. The zero-order chi connectivity index (χ0) is 12.0. The SMILES string of the molecule is CN(C)CCCNC(=O)c1ccc([131I])nc1. The molecular weight excluding hydrogens is 321 g/mol. The number of pyridine rings is 1. The van der Waals surface area contributed by atoms with Gasteiger partial charge in [0.15, 0.2) is 0 Å². The smallest absolute Gasteiger partial charge is 0.252 e. The average Bonchev–Trinajstić information content (AvgIpc) is 2.25. The number of carbonyl (C=O) groups excluding carboxylic acids is 1. The van der Waals surface area contributed by atoms with Crippen molar-refractivity contribution in [1.29, 1.82) is 0 Å². The minimum absolute atomic E-state index is 0.0531. The Morgan fingerprint density at radius 1 is 1.50 bits per heavy atom. The maximum atomic E-state index is 11.6. The highest BCUT2D eigenvalue weighted by molar-refractivity contribution is 14.1. The molecule has 16 heavy (non-hydrogen) atoms. The van der Waals surface area contributed by atoms with Gasteiger partial charge in [-0.3, -0.25) is 4.79 Å². The highest BCUT2D eigenvalue weighted by atomic mass is 131. The molecule has 0 saturated carbocycles. The molecule has 0 bridgehead atoms. The summed E-state index contributed by atoms with van der Waals surface area (Å²) in [5.41, 5.74) is 0.616. The van der Waals surface area contributed by atoms with Crippen LogP contribution in [0.2, 0.25) is 0 Å². The molecule has 0 aromatic carbocycles. The Bertz CT molecular complexity index is 338. The second-order valence-corrected chi connectivity index (χ2v) is 4.89. The molecule has 0 aliphatic rings. The van der Waals surface area contributed by atoms with Gasteiger partial charge >= 0.3 is 0 Å². The summed E-state index contributed by atoms with van der Waals surface area (Å²) in [6.45, 7) is 1.67. The molecule has 0 spiro atoms. The van der Waals surface area contributed by atoms with Crippen LogP contribution in [-0.2, 0) is 0 Å². The molecule has 1 rings (SSSR count). The van der Waals surface area contributed by atoms with E-state index in [0.29, 0.717) is 12.1 Å². The number of hydrogen-bond acceptors (Lipinski definition) is 3. The molecule has 0 aliphatic carbocycles. The molecule has 0 atom stereocenters. The fourth-order valence-electron chi connectivity index (χ4n) is 1.21. The van der Waals surface area contributed by atoms with Crippen molar-refractivity contribution >= 4 is 28.5 Å². The summed E-state index contributed by atoms with van der Waals surface area (Å²) in [6, 6.07) is 3.62. The first-order valence-corrected chi connectivity index (χ1v) is 6.22. The van der Waals surface area contributed by atoms with E-state index in [0.717, 1.165) is 16.7 Å². The van der Waals surface area contributed by atoms with Gasteiger partial charge in [0.1, 0.15) is 3.70 Å². The molecule has 4 nitrogen and oxygen atoms in total. The zero-order valence-electron chi connectivity index (χ0n) is 9.53. The molecule has 1 aromatic rings. The molecule has 88 valence electrons. The van der Waals surface area contributed by atoms with Gasteiger partial charge in [0.05, 0.1) is 5.56 Å². The standard InChI is InChI=1S/C11H16IN3O/c1-15(2)7-3-6-13-11(16)9-4-5-10(12)14-8-9/h4-5,8H,3,6-7H2,1-2H3,(H,13,16)/i12+4. The average molecular weight is 337 g/mol. The van der Waals surface area contributed by atoms with E-state index >= 15 is 0 Å². The lowest BCUT2D eigenvalue weighted by Crippen LogP contribution is -2.27. The van der Waals surface area contributed by atoms with E-state index in [9.17, 15) is 4.79 Å². The molecule has 0 saturated heterocycles. The molecule has 0 aliphatic heterocycles. The summed E-state index contributed by atoms with van der Waals surface area (Å²) in [7, 11) is 4.04. The second kappa shape index (κ2) is 6.80.